The van der Waals surface area contributed by atoms with E-state index in [1.807, 2.05) is 0 Å². The van der Waals surface area contributed by atoms with Gasteiger partial charge in [0.25, 0.3) is 0 Å². The van der Waals surface area contributed by atoms with Crippen LogP contribution in [0.3, 0.4) is 0 Å². The van der Waals surface area contributed by atoms with Gasteiger partial charge in [-0.05, 0) is 69.2 Å². The van der Waals surface area contributed by atoms with E-state index in [0.717, 1.165) is 19.3 Å². The Hall–Kier alpha value is -0.130. The Kier molecular flexibility index (Phi) is 3.51. The quantitative estimate of drug-likeness (QED) is 0.818. The highest BCUT2D eigenvalue weighted by Crippen LogP contribution is 2.66. The fourth-order valence-corrected chi connectivity index (χ4v) is 7.78. The van der Waals surface area contributed by atoms with Gasteiger partial charge in [-0.1, -0.05) is 13.8 Å². The Bertz CT molecular complexity index is 512. The Labute approximate surface area is 129 Å². The van der Waals surface area contributed by atoms with Crippen molar-refractivity contribution >= 4 is 10.0 Å². The molecule has 0 aromatic carbocycles. The van der Waals surface area contributed by atoms with Crippen LogP contribution in [0.4, 0.5) is 0 Å². The van der Waals surface area contributed by atoms with Gasteiger partial charge in [-0.2, -0.15) is 0 Å². The smallest absolute Gasteiger partial charge is 0.215 e. The second-order valence-electron chi connectivity index (χ2n) is 8.93. The van der Waals surface area contributed by atoms with Crippen LogP contribution in [0.2, 0.25) is 0 Å². The molecule has 0 aromatic rings. The molecule has 0 spiro atoms. The molecule has 4 saturated carbocycles. The average molecular weight is 314 g/mol. The first-order chi connectivity index (χ1) is 9.60. The summed E-state index contributed by atoms with van der Waals surface area (Å²) in [4.78, 5) is 0. The van der Waals surface area contributed by atoms with E-state index in [9.17, 15) is 8.42 Å². The molecule has 0 aliphatic heterocycles. The van der Waals surface area contributed by atoms with Gasteiger partial charge in [-0.3, -0.25) is 0 Å². The minimum atomic E-state index is -3.25. The van der Waals surface area contributed by atoms with Gasteiger partial charge in [-0.15, -0.1) is 0 Å². The van der Waals surface area contributed by atoms with Gasteiger partial charge < -0.3 is 5.32 Å². The highest BCUT2D eigenvalue weighted by atomic mass is 32.2. The van der Waals surface area contributed by atoms with E-state index in [2.05, 4.69) is 23.9 Å². The molecular formula is C16H30N2O2S. The van der Waals surface area contributed by atoms with Crippen molar-refractivity contribution in [1.29, 1.82) is 0 Å². The molecule has 2 N–H and O–H groups in total. The summed E-state index contributed by atoms with van der Waals surface area (Å²) in [6.45, 7) is 7.04. The van der Waals surface area contributed by atoms with Crippen LogP contribution in [0.25, 0.3) is 0 Å². The average Bonchev–Trinajstić information content (AvgIpc) is 2.21. The predicted octanol–water partition coefficient (Wildman–Crippen LogP) is 2.26. The normalized spacial score (nSPS) is 46.8. The number of hydrogen-bond donors (Lipinski definition) is 2. The standard InChI is InChI=1S/C16H30N2O2S/c1-12(8-17-4)21(19,20)18-16-7-13-5-14(2,10-16)9-15(3,6-13)11-16/h12-13,17-18H,5-11H2,1-4H3. The van der Waals surface area contributed by atoms with Crippen molar-refractivity contribution in [3.8, 4) is 0 Å². The van der Waals surface area contributed by atoms with Gasteiger partial charge in [-0.25, -0.2) is 13.1 Å². The topological polar surface area (TPSA) is 58.2 Å². The summed E-state index contributed by atoms with van der Waals surface area (Å²) in [6.07, 6.45) is 6.95. The lowest BCUT2D eigenvalue weighted by Crippen LogP contribution is -2.65. The first kappa shape index (κ1) is 15.8. The molecular weight excluding hydrogens is 284 g/mol. The third kappa shape index (κ3) is 2.77. The highest BCUT2D eigenvalue weighted by Gasteiger charge is 2.61. The lowest BCUT2D eigenvalue weighted by molar-refractivity contribution is -0.110. The maximum atomic E-state index is 12.7. The summed E-state index contributed by atoms with van der Waals surface area (Å²) < 4.78 is 28.5. The molecule has 0 saturated heterocycles. The largest absolute Gasteiger partial charge is 0.318 e. The molecule has 5 heteroatoms. The number of nitrogens with one attached hydrogen (secondary N) is 2. The molecule has 3 unspecified atom stereocenters. The molecule has 122 valence electrons. The van der Waals surface area contributed by atoms with Crippen molar-refractivity contribution < 1.29 is 8.42 Å². The SMILES string of the molecule is CNCC(C)S(=O)(=O)NC12CC3CC(C)(CC(C)(C3)C1)C2. The van der Waals surface area contributed by atoms with Crippen LogP contribution < -0.4 is 10.0 Å². The Morgan fingerprint density at radius 1 is 1.10 bits per heavy atom. The lowest BCUT2D eigenvalue weighted by Gasteiger charge is -2.65. The van der Waals surface area contributed by atoms with Crippen LogP contribution in [-0.4, -0.2) is 32.8 Å². The van der Waals surface area contributed by atoms with Gasteiger partial charge in [0.2, 0.25) is 10.0 Å². The minimum Gasteiger partial charge on any atom is -0.318 e. The fourth-order valence-electron chi connectivity index (χ4n) is 6.36. The predicted molar refractivity (Wildman–Crippen MR) is 85.6 cm³/mol. The highest BCUT2D eigenvalue weighted by molar-refractivity contribution is 7.90. The third-order valence-electron chi connectivity index (χ3n) is 6.01. The zero-order chi connectivity index (χ0) is 15.5. The van der Waals surface area contributed by atoms with Crippen LogP contribution in [0, 0.1) is 16.7 Å². The van der Waals surface area contributed by atoms with Gasteiger partial charge >= 0.3 is 0 Å². The van der Waals surface area contributed by atoms with E-state index in [-0.39, 0.29) is 10.8 Å². The van der Waals surface area contributed by atoms with Gasteiger partial charge in [0, 0.05) is 12.1 Å². The van der Waals surface area contributed by atoms with Gasteiger partial charge in [0.1, 0.15) is 0 Å². The molecule has 4 aliphatic rings. The maximum absolute atomic E-state index is 12.7. The molecule has 0 heterocycles. The monoisotopic (exact) mass is 314 g/mol. The second-order valence-corrected chi connectivity index (χ2v) is 11.0. The molecule has 21 heavy (non-hydrogen) atoms. The fraction of sp³-hybridized carbons (Fsp3) is 1.00. The molecule has 0 radical (unpaired) electrons. The third-order valence-corrected chi connectivity index (χ3v) is 7.95. The van der Waals surface area contributed by atoms with Crippen LogP contribution in [0.1, 0.15) is 59.3 Å². The van der Waals surface area contributed by atoms with Crippen molar-refractivity contribution in [2.45, 2.75) is 70.1 Å². The minimum absolute atomic E-state index is 0.177. The van der Waals surface area contributed by atoms with Crippen LogP contribution in [0.15, 0.2) is 0 Å². The van der Waals surface area contributed by atoms with Crippen molar-refractivity contribution in [2.75, 3.05) is 13.6 Å². The van der Waals surface area contributed by atoms with Crippen LogP contribution in [0.5, 0.6) is 0 Å². The van der Waals surface area contributed by atoms with Crippen molar-refractivity contribution in [2.24, 2.45) is 16.7 Å². The summed E-state index contributed by atoms with van der Waals surface area (Å²) in [7, 11) is -1.45. The van der Waals surface area contributed by atoms with Crippen molar-refractivity contribution in [3.05, 3.63) is 0 Å². The summed E-state index contributed by atoms with van der Waals surface area (Å²) in [6, 6.07) is 0. The molecule has 0 amide bonds. The second kappa shape index (κ2) is 4.68. The van der Waals surface area contributed by atoms with Crippen LogP contribution >= 0.6 is 0 Å². The van der Waals surface area contributed by atoms with Gasteiger partial charge in [0.15, 0.2) is 0 Å². The summed E-state index contributed by atoms with van der Waals surface area (Å²) in [5, 5.41) is 2.60. The molecule has 4 rings (SSSR count). The molecule has 4 nitrogen and oxygen atoms in total. The number of hydrogen-bond acceptors (Lipinski definition) is 3. The zero-order valence-corrected chi connectivity index (χ0v) is 14.6. The Balaban J connectivity index is 1.85. The van der Waals surface area contributed by atoms with Gasteiger partial charge in [0.05, 0.1) is 5.25 Å². The Morgan fingerprint density at radius 3 is 2.14 bits per heavy atom. The van der Waals surface area contributed by atoms with Crippen molar-refractivity contribution in [3.63, 3.8) is 0 Å². The van der Waals surface area contributed by atoms with E-state index in [1.165, 1.54) is 19.3 Å². The van der Waals surface area contributed by atoms with E-state index in [4.69, 9.17) is 0 Å². The molecule has 3 atom stereocenters. The van der Waals surface area contributed by atoms with Crippen molar-refractivity contribution in [1.82, 2.24) is 10.0 Å². The summed E-state index contributed by atoms with van der Waals surface area (Å²) in [5.74, 6) is 0.707. The maximum Gasteiger partial charge on any atom is 0.215 e. The number of sulfonamides is 1. The number of rotatable bonds is 5. The zero-order valence-electron chi connectivity index (χ0n) is 13.8. The Morgan fingerprint density at radius 2 is 1.67 bits per heavy atom. The molecule has 4 bridgehead atoms. The van der Waals surface area contributed by atoms with E-state index < -0.39 is 10.0 Å². The van der Waals surface area contributed by atoms with E-state index in [0.29, 0.717) is 23.3 Å². The first-order valence-electron chi connectivity index (χ1n) is 8.27. The first-order valence-corrected chi connectivity index (χ1v) is 9.82. The van der Waals surface area contributed by atoms with E-state index in [1.54, 1.807) is 14.0 Å². The lowest BCUT2D eigenvalue weighted by atomic mass is 9.43. The summed E-state index contributed by atoms with van der Waals surface area (Å²) in [5.41, 5.74) is 0.496. The molecule has 4 fully saturated rings. The van der Waals surface area contributed by atoms with E-state index >= 15 is 0 Å². The summed E-state index contributed by atoms with van der Waals surface area (Å²) >= 11 is 0. The molecule has 0 aromatic heterocycles. The van der Waals surface area contributed by atoms with Crippen LogP contribution in [-0.2, 0) is 10.0 Å². The molecule has 4 aliphatic carbocycles.